The van der Waals surface area contributed by atoms with E-state index in [1.54, 1.807) is 12.1 Å². The van der Waals surface area contributed by atoms with Gasteiger partial charge in [-0.3, -0.25) is 4.79 Å². The number of hydrogen-bond acceptors (Lipinski definition) is 4. The van der Waals surface area contributed by atoms with E-state index in [0.29, 0.717) is 5.69 Å². The minimum Gasteiger partial charge on any atom is -0.438 e. The van der Waals surface area contributed by atoms with Crippen LogP contribution in [0, 0.1) is 0 Å². The highest BCUT2D eigenvalue weighted by Gasteiger charge is 2.20. The summed E-state index contributed by atoms with van der Waals surface area (Å²) in [6.45, 7) is 6.31. The highest BCUT2D eigenvalue weighted by molar-refractivity contribution is 7.89. The van der Waals surface area contributed by atoms with Gasteiger partial charge in [-0.25, -0.2) is 13.1 Å². The second kappa shape index (κ2) is 6.17. The van der Waals surface area contributed by atoms with Crippen LogP contribution in [-0.2, 0) is 15.4 Å². The van der Waals surface area contributed by atoms with E-state index in [-0.39, 0.29) is 16.3 Å². The summed E-state index contributed by atoms with van der Waals surface area (Å²) in [5, 5.41) is 2.37. The Kier molecular flexibility index (Phi) is 4.63. The van der Waals surface area contributed by atoms with E-state index < -0.39 is 15.9 Å². The number of nitrogens with one attached hydrogen (secondary N) is 2. The normalized spacial score (nSPS) is 12.2. The maximum absolute atomic E-state index is 12.1. The molecule has 1 aromatic carbocycles. The molecular formula is C16H20N2O4S. The van der Waals surface area contributed by atoms with Crippen LogP contribution in [0.3, 0.4) is 0 Å². The van der Waals surface area contributed by atoms with Crippen molar-refractivity contribution >= 4 is 21.6 Å². The molecular weight excluding hydrogens is 316 g/mol. The largest absolute Gasteiger partial charge is 0.438 e. The van der Waals surface area contributed by atoms with Crippen molar-refractivity contribution in [3.05, 3.63) is 47.7 Å². The molecule has 0 aliphatic rings. The highest BCUT2D eigenvalue weighted by atomic mass is 32.2. The molecule has 0 unspecified atom stereocenters. The Morgan fingerprint density at radius 3 is 2.17 bits per heavy atom. The summed E-state index contributed by atoms with van der Waals surface area (Å²) < 4.78 is 30.4. The summed E-state index contributed by atoms with van der Waals surface area (Å²) in [7, 11) is -2.43. The number of carbonyl (C=O) groups excluding carboxylic acids is 1. The van der Waals surface area contributed by atoms with Crippen LogP contribution in [0.5, 0.6) is 0 Å². The molecule has 6 nitrogen and oxygen atoms in total. The topological polar surface area (TPSA) is 88.4 Å². The Morgan fingerprint density at radius 2 is 1.65 bits per heavy atom. The van der Waals surface area contributed by atoms with Crippen LogP contribution in [0.2, 0.25) is 0 Å². The first-order valence-corrected chi connectivity index (χ1v) is 8.57. The molecule has 0 aliphatic heterocycles. The van der Waals surface area contributed by atoms with Crippen LogP contribution >= 0.6 is 0 Å². The van der Waals surface area contributed by atoms with E-state index in [4.69, 9.17) is 4.42 Å². The molecule has 0 spiro atoms. The van der Waals surface area contributed by atoms with Crippen LogP contribution in [0.25, 0.3) is 0 Å². The lowest BCUT2D eigenvalue weighted by Crippen LogP contribution is -2.18. The van der Waals surface area contributed by atoms with Crippen LogP contribution in [0.15, 0.2) is 45.9 Å². The van der Waals surface area contributed by atoms with Gasteiger partial charge in [0.05, 0.1) is 0 Å². The van der Waals surface area contributed by atoms with E-state index in [0.717, 1.165) is 5.56 Å². The number of amides is 1. The van der Waals surface area contributed by atoms with Crippen molar-refractivity contribution in [1.29, 1.82) is 0 Å². The first-order valence-electron chi connectivity index (χ1n) is 7.09. The second-order valence-electron chi connectivity index (χ2n) is 6.11. The van der Waals surface area contributed by atoms with Crippen molar-refractivity contribution in [2.75, 3.05) is 12.4 Å². The summed E-state index contributed by atoms with van der Waals surface area (Å²) in [4.78, 5) is 12.1. The molecule has 0 atom stereocenters. The fourth-order valence-electron chi connectivity index (χ4n) is 1.93. The van der Waals surface area contributed by atoms with E-state index in [1.165, 1.54) is 19.2 Å². The molecule has 2 rings (SSSR count). The first kappa shape index (κ1) is 17.2. The Labute approximate surface area is 135 Å². The molecule has 0 bridgehead atoms. The Bertz CT molecular complexity index is 799. The zero-order chi connectivity index (χ0) is 17.3. The zero-order valence-corrected chi connectivity index (χ0v) is 14.3. The number of hydrogen-bond donors (Lipinski definition) is 2. The third kappa shape index (κ3) is 4.00. The van der Waals surface area contributed by atoms with Gasteiger partial charge in [-0.1, -0.05) is 32.9 Å². The molecule has 0 radical (unpaired) electrons. The predicted molar refractivity (Wildman–Crippen MR) is 88.0 cm³/mol. The summed E-state index contributed by atoms with van der Waals surface area (Å²) in [5.74, 6) is -0.579. The standard InChI is InChI=1S/C16H20N2O4S/c1-16(2,3)11-5-7-12(8-6-11)18-15(19)13-9-10-14(22-13)23(20,21)17-4/h5-10,17H,1-4H3,(H,18,19). The summed E-state index contributed by atoms with van der Waals surface area (Å²) in [5.41, 5.74) is 1.79. The Balaban J connectivity index is 2.14. The molecule has 0 aliphatic carbocycles. The van der Waals surface area contributed by atoms with Gasteiger partial charge >= 0.3 is 0 Å². The van der Waals surface area contributed by atoms with Crippen molar-refractivity contribution < 1.29 is 17.6 Å². The molecule has 0 saturated carbocycles. The molecule has 0 saturated heterocycles. The first-order chi connectivity index (χ1) is 10.6. The van der Waals surface area contributed by atoms with Crippen LogP contribution in [-0.4, -0.2) is 21.4 Å². The number of rotatable bonds is 4. The van der Waals surface area contributed by atoms with Gasteiger partial charge < -0.3 is 9.73 Å². The third-order valence-electron chi connectivity index (χ3n) is 3.35. The number of furan rings is 1. The summed E-state index contributed by atoms with van der Waals surface area (Å²) in [6.07, 6.45) is 0. The van der Waals surface area contributed by atoms with Crippen molar-refractivity contribution in [3.63, 3.8) is 0 Å². The van der Waals surface area contributed by atoms with Gasteiger partial charge in [0.15, 0.2) is 5.76 Å². The van der Waals surface area contributed by atoms with E-state index in [1.807, 2.05) is 12.1 Å². The lowest BCUT2D eigenvalue weighted by molar-refractivity contribution is 0.0991. The quantitative estimate of drug-likeness (QED) is 0.898. The van der Waals surface area contributed by atoms with Gasteiger partial charge in [0.1, 0.15) is 0 Å². The fourth-order valence-corrected chi connectivity index (χ4v) is 2.58. The maximum atomic E-state index is 12.1. The highest BCUT2D eigenvalue weighted by Crippen LogP contribution is 2.24. The van der Waals surface area contributed by atoms with Crippen molar-refractivity contribution in [1.82, 2.24) is 4.72 Å². The Morgan fingerprint density at radius 1 is 1.04 bits per heavy atom. The number of carbonyl (C=O) groups is 1. The molecule has 0 fully saturated rings. The minimum atomic E-state index is -3.70. The van der Waals surface area contributed by atoms with Gasteiger partial charge in [-0.15, -0.1) is 0 Å². The van der Waals surface area contributed by atoms with Crippen LogP contribution in [0.1, 0.15) is 36.9 Å². The number of sulfonamides is 1. The van der Waals surface area contributed by atoms with Gasteiger partial charge in [-0.05, 0) is 42.3 Å². The van der Waals surface area contributed by atoms with E-state index in [9.17, 15) is 13.2 Å². The fraction of sp³-hybridized carbons (Fsp3) is 0.312. The van der Waals surface area contributed by atoms with Gasteiger partial charge in [-0.2, -0.15) is 0 Å². The van der Waals surface area contributed by atoms with Crippen molar-refractivity contribution in [2.24, 2.45) is 0 Å². The van der Waals surface area contributed by atoms with E-state index in [2.05, 4.69) is 30.8 Å². The molecule has 1 aromatic heterocycles. The predicted octanol–water partition coefficient (Wildman–Crippen LogP) is 2.74. The van der Waals surface area contributed by atoms with Gasteiger partial charge in [0.25, 0.3) is 15.9 Å². The van der Waals surface area contributed by atoms with Gasteiger partial charge in [0.2, 0.25) is 5.09 Å². The lowest BCUT2D eigenvalue weighted by Gasteiger charge is -2.19. The van der Waals surface area contributed by atoms with Crippen molar-refractivity contribution in [2.45, 2.75) is 31.3 Å². The molecule has 1 heterocycles. The molecule has 2 N–H and O–H groups in total. The average molecular weight is 336 g/mol. The molecule has 23 heavy (non-hydrogen) atoms. The molecule has 2 aromatic rings. The molecule has 7 heteroatoms. The van der Waals surface area contributed by atoms with Crippen LogP contribution < -0.4 is 10.0 Å². The summed E-state index contributed by atoms with van der Waals surface area (Å²) in [6, 6.07) is 10.0. The second-order valence-corrected chi connectivity index (χ2v) is 7.93. The zero-order valence-electron chi connectivity index (χ0n) is 13.5. The lowest BCUT2D eigenvalue weighted by atomic mass is 9.87. The molecule has 1 amide bonds. The minimum absolute atomic E-state index is 0.0277. The maximum Gasteiger partial charge on any atom is 0.291 e. The smallest absolute Gasteiger partial charge is 0.291 e. The average Bonchev–Trinajstić information content (AvgIpc) is 2.97. The SMILES string of the molecule is CNS(=O)(=O)c1ccc(C(=O)Nc2ccc(C(C)(C)C)cc2)o1. The Hall–Kier alpha value is -2.12. The third-order valence-corrected chi connectivity index (χ3v) is 4.63. The van der Waals surface area contributed by atoms with E-state index >= 15 is 0 Å². The number of benzene rings is 1. The molecule has 124 valence electrons. The summed E-state index contributed by atoms with van der Waals surface area (Å²) >= 11 is 0. The number of anilines is 1. The monoisotopic (exact) mass is 336 g/mol. The van der Waals surface area contributed by atoms with Crippen LogP contribution in [0.4, 0.5) is 5.69 Å². The van der Waals surface area contributed by atoms with Gasteiger partial charge in [0, 0.05) is 5.69 Å². The van der Waals surface area contributed by atoms with Crippen molar-refractivity contribution in [3.8, 4) is 0 Å².